The molecular weight excluding hydrogens is 416 g/mol. The molecule has 4 rings (SSSR count). The summed E-state index contributed by atoms with van der Waals surface area (Å²) in [4.78, 5) is 26.3. The minimum absolute atomic E-state index is 0.0199. The van der Waals surface area contributed by atoms with E-state index in [1.54, 1.807) is 24.3 Å². The number of ether oxygens (including phenoxy) is 1. The van der Waals surface area contributed by atoms with Crippen LogP contribution in [0.2, 0.25) is 0 Å². The Hall–Kier alpha value is -3.00. The Morgan fingerprint density at radius 2 is 2.00 bits per heavy atom. The predicted molar refractivity (Wildman–Crippen MR) is 119 cm³/mol. The van der Waals surface area contributed by atoms with Crippen LogP contribution in [-0.2, 0) is 6.54 Å². The van der Waals surface area contributed by atoms with Gasteiger partial charge in [0.15, 0.2) is 10.8 Å². The number of aliphatic hydroxyl groups excluding tert-OH is 1. The number of thiazole rings is 1. The molecule has 0 aliphatic carbocycles. The fourth-order valence-corrected chi connectivity index (χ4v) is 4.47. The normalized spacial score (nSPS) is 15.7. The second-order valence-electron chi connectivity index (χ2n) is 7.37. The van der Waals surface area contributed by atoms with Gasteiger partial charge in [-0.3, -0.25) is 9.36 Å². The molecule has 0 bridgehead atoms. The van der Waals surface area contributed by atoms with E-state index in [9.17, 15) is 9.90 Å². The van der Waals surface area contributed by atoms with E-state index in [-0.39, 0.29) is 18.7 Å². The maximum Gasteiger partial charge on any atom is 0.273 e. The number of piperazine rings is 1. The van der Waals surface area contributed by atoms with Crippen LogP contribution in [0.3, 0.4) is 0 Å². The number of aromatic nitrogens is 3. The average molecular weight is 441 g/mol. The van der Waals surface area contributed by atoms with Crippen LogP contribution in [-0.4, -0.2) is 70.0 Å². The minimum Gasteiger partial charge on any atom is -0.491 e. The van der Waals surface area contributed by atoms with Crippen molar-refractivity contribution in [3.05, 3.63) is 46.5 Å². The predicted octanol–water partition coefficient (Wildman–Crippen LogP) is 1.31. The summed E-state index contributed by atoms with van der Waals surface area (Å²) < 4.78 is 7.44. The number of anilines is 1. The molecule has 3 aromatic rings. The number of hydrogen-bond donors (Lipinski definition) is 1. The maximum absolute atomic E-state index is 12.9. The summed E-state index contributed by atoms with van der Waals surface area (Å²) in [6.45, 7) is 7.01. The van der Waals surface area contributed by atoms with Crippen LogP contribution in [0.4, 0.5) is 5.13 Å². The second-order valence-corrected chi connectivity index (χ2v) is 8.35. The molecule has 1 aromatic carbocycles. The minimum atomic E-state index is -0.887. The smallest absolute Gasteiger partial charge is 0.273 e. The van der Waals surface area contributed by atoms with Crippen LogP contribution in [0, 0.1) is 11.3 Å². The molecule has 10 heteroatoms. The third-order valence-corrected chi connectivity index (χ3v) is 6.39. The van der Waals surface area contributed by atoms with Gasteiger partial charge in [0, 0.05) is 26.2 Å². The highest BCUT2D eigenvalue weighted by molar-refractivity contribution is 7.22. The van der Waals surface area contributed by atoms with Gasteiger partial charge in [0.2, 0.25) is 0 Å². The first-order valence-electron chi connectivity index (χ1n) is 10.2. The number of fused-ring (bicyclic) bond motifs is 1. The zero-order chi connectivity index (χ0) is 21.8. The molecule has 0 amide bonds. The molecule has 1 N–H and O–H groups in total. The zero-order valence-corrected chi connectivity index (χ0v) is 18.1. The Morgan fingerprint density at radius 1 is 1.26 bits per heavy atom. The van der Waals surface area contributed by atoms with Crippen LogP contribution in [0.15, 0.2) is 35.4 Å². The highest BCUT2D eigenvalue weighted by Gasteiger charge is 2.21. The van der Waals surface area contributed by atoms with Gasteiger partial charge in [-0.1, -0.05) is 18.3 Å². The van der Waals surface area contributed by atoms with Crippen molar-refractivity contribution in [2.45, 2.75) is 19.6 Å². The maximum atomic E-state index is 12.9. The summed E-state index contributed by atoms with van der Waals surface area (Å²) in [7, 11) is 0. The molecule has 0 saturated carbocycles. The second kappa shape index (κ2) is 9.43. The summed E-state index contributed by atoms with van der Waals surface area (Å²) in [5, 5.41) is 20.0. The summed E-state index contributed by atoms with van der Waals surface area (Å²) >= 11 is 1.36. The molecule has 162 valence electrons. The van der Waals surface area contributed by atoms with E-state index < -0.39 is 6.10 Å². The van der Waals surface area contributed by atoms with Gasteiger partial charge >= 0.3 is 0 Å². The van der Waals surface area contributed by atoms with Crippen LogP contribution < -0.4 is 15.2 Å². The summed E-state index contributed by atoms with van der Waals surface area (Å²) in [6, 6.07) is 8.67. The fraction of sp³-hybridized carbons (Fsp3) is 0.429. The van der Waals surface area contributed by atoms with Gasteiger partial charge < -0.3 is 19.6 Å². The first-order chi connectivity index (χ1) is 15.1. The third kappa shape index (κ3) is 4.85. The van der Waals surface area contributed by atoms with Crippen LogP contribution in [0.1, 0.15) is 12.5 Å². The molecule has 31 heavy (non-hydrogen) atoms. The molecule has 1 atom stereocenters. The lowest BCUT2D eigenvalue weighted by Crippen LogP contribution is -2.46. The van der Waals surface area contributed by atoms with Crippen molar-refractivity contribution < 1.29 is 9.84 Å². The summed E-state index contributed by atoms with van der Waals surface area (Å²) in [6.07, 6.45) is 0.538. The lowest BCUT2D eigenvalue weighted by molar-refractivity contribution is 0.0915. The Labute approximate surface area is 183 Å². The largest absolute Gasteiger partial charge is 0.491 e. The molecule has 1 aliphatic heterocycles. The molecule has 9 nitrogen and oxygen atoms in total. The summed E-state index contributed by atoms with van der Waals surface area (Å²) in [5.74, 6) is 0.550. The fourth-order valence-electron chi connectivity index (χ4n) is 3.45. The Kier molecular flexibility index (Phi) is 6.46. The van der Waals surface area contributed by atoms with E-state index in [1.165, 1.54) is 22.2 Å². The molecule has 0 spiro atoms. The molecule has 1 saturated heterocycles. The average Bonchev–Trinajstić information content (AvgIpc) is 3.25. The number of nitriles is 1. The molecule has 3 heterocycles. The van der Waals surface area contributed by atoms with Crippen molar-refractivity contribution in [1.29, 1.82) is 5.26 Å². The highest BCUT2D eigenvalue weighted by Crippen LogP contribution is 2.26. The van der Waals surface area contributed by atoms with Crippen molar-refractivity contribution in [3.63, 3.8) is 0 Å². The molecular formula is C21H24N6O3S. The molecule has 0 radical (unpaired) electrons. The lowest BCUT2D eigenvalue weighted by atomic mass is 10.2. The monoisotopic (exact) mass is 440 g/mol. The lowest BCUT2D eigenvalue weighted by Gasteiger charge is -2.33. The van der Waals surface area contributed by atoms with E-state index in [0.29, 0.717) is 21.7 Å². The molecule has 2 aromatic heterocycles. The molecule has 1 aliphatic rings. The van der Waals surface area contributed by atoms with Crippen molar-refractivity contribution >= 4 is 26.8 Å². The quantitative estimate of drug-likeness (QED) is 0.586. The van der Waals surface area contributed by atoms with E-state index in [0.717, 1.165) is 37.9 Å². The van der Waals surface area contributed by atoms with E-state index in [2.05, 4.69) is 26.7 Å². The van der Waals surface area contributed by atoms with Gasteiger partial charge in [-0.2, -0.15) is 10.2 Å². The van der Waals surface area contributed by atoms with Gasteiger partial charge in [0.1, 0.15) is 29.5 Å². The summed E-state index contributed by atoms with van der Waals surface area (Å²) in [5.41, 5.74) is 0.774. The van der Waals surface area contributed by atoms with Crippen molar-refractivity contribution in [3.8, 4) is 11.8 Å². The SMILES string of the molecule is CCN1CCN(c2nc3ncn(C[C@@H](O)COc4ccc(C#N)cc4)c(=O)c3s2)CC1. The first-order valence-corrected chi connectivity index (χ1v) is 11.0. The van der Waals surface area contributed by atoms with E-state index in [4.69, 9.17) is 10.00 Å². The van der Waals surface area contributed by atoms with Gasteiger partial charge in [-0.05, 0) is 30.8 Å². The number of aliphatic hydroxyl groups is 1. The number of nitrogens with zero attached hydrogens (tertiary/aromatic N) is 6. The Balaban J connectivity index is 1.41. The van der Waals surface area contributed by atoms with Crippen LogP contribution >= 0.6 is 11.3 Å². The zero-order valence-electron chi connectivity index (χ0n) is 17.3. The topological polar surface area (TPSA) is 108 Å². The van der Waals surface area contributed by atoms with Crippen molar-refractivity contribution in [2.75, 3.05) is 44.2 Å². The van der Waals surface area contributed by atoms with Gasteiger partial charge in [-0.25, -0.2) is 4.98 Å². The van der Waals surface area contributed by atoms with Crippen LogP contribution in [0.25, 0.3) is 10.3 Å². The molecule has 1 fully saturated rings. The van der Waals surface area contributed by atoms with Gasteiger partial charge in [0.05, 0.1) is 18.2 Å². The highest BCUT2D eigenvalue weighted by atomic mass is 32.1. The van der Waals surface area contributed by atoms with Crippen LogP contribution in [0.5, 0.6) is 5.75 Å². The first kappa shape index (κ1) is 21.2. The number of hydrogen-bond acceptors (Lipinski definition) is 9. The van der Waals surface area contributed by atoms with E-state index >= 15 is 0 Å². The Bertz CT molecular complexity index is 1130. The van der Waals surface area contributed by atoms with Crippen molar-refractivity contribution in [2.24, 2.45) is 0 Å². The number of rotatable bonds is 7. The van der Waals surface area contributed by atoms with Gasteiger partial charge in [-0.15, -0.1) is 0 Å². The third-order valence-electron chi connectivity index (χ3n) is 5.30. The standard InChI is InChI=1S/C21H24N6O3S/c1-2-25-7-9-26(10-8-25)21-24-19-18(31-21)20(29)27(14-23-19)12-16(28)13-30-17-5-3-15(11-22)4-6-17/h3-6,14,16,28H,2,7-10,12-13H2,1H3/t16-/m1/s1. The number of likely N-dealkylation sites (N-methyl/N-ethyl adjacent to an activating group) is 1. The number of benzene rings is 1. The molecule has 0 unspecified atom stereocenters. The van der Waals surface area contributed by atoms with E-state index in [1.807, 2.05) is 6.07 Å². The van der Waals surface area contributed by atoms with Gasteiger partial charge in [0.25, 0.3) is 5.56 Å². The van der Waals surface area contributed by atoms with Crippen molar-refractivity contribution in [1.82, 2.24) is 19.4 Å². The Morgan fingerprint density at radius 3 is 2.68 bits per heavy atom.